The highest BCUT2D eigenvalue weighted by atomic mass is 79.9. The van der Waals surface area contributed by atoms with E-state index in [1.807, 2.05) is 13.0 Å². The van der Waals surface area contributed by atoms with Crippen LogP contribution in [-0.2, 0) is 6.54 Å². The van der Waals surface area contributed by atoms with Crippen LogP contribution in [0.2, 0.25) is 0 Å². The van der Waals surface area contributed by atoms with Crippen LogP contribution in [0.3, 0.4) is 0 Å². The molecule has 0 bridgehead atoms. The lowest BCUT2D eigenvalue weighted by Gasteiger charge is -2.10. The lowest BCUT2D eigenvalue weighted by atomic mass is 10.2. The standard InChI is InChI=1S/C15H16BrFN2O/c1-3-18-8-11-6-10(2)15(19-9-11)20-12-4-5-13(16)14(17)7-12/h4-7,9,18H,3,8H2,1-2H3. The molecule has 0 aliphatic rings. The molecule has 0 unspecified atom stereocenters. The van der Waals surface area contributed by atoms with Crippen molar-refractivity contribution in [2.24, 2.45) is 0 Å². The Labute approximate surface area is 126 Å². The minimum absolute atomic E-state index is 0.357. The molecule has 0 spiro atoms. The monoisotopic (exact) mass is 338 g/mol. The molecule has 106 valence electrons. The SMILES string of the molecule is CCNCc1cnc(Oc2ccc(Br)c(F)c2)c(C)c1. The van der Waals surface area contributed by atoms with Crippen molar-refractivity contribution in [3.63, 3.8) is 0 Å². The van der Waals surface area contributed by atoms with Gasteiger partial charge in [0, 0.05) is 24.4 Å². The Kier molecular flexibility index (Phi) is 5.09. The summed E-state index contributed by atoms with van der Waals surface area (Å²) >= 11 is 3.11. The van der Waals surface area contributed by atoms with Gasteiger partial charge in [-0.05, 0) is 53.2 Å². The van der Waals surface area contributed by atoms with Gasteiger partial charge in [-0.15, -0.1) is 0 Å². The lowest BCUT2D eigenvalue weighted by molar-refractivity contribution is 0.453. The second-order valence-corrected chi connectivity index (χ2v) is 5.28. The predicted octanol–water partition coefficient (Wildman–Crippen LogP) is 4.19. The number of halogens is 2. The topological polar surface area (TPSA) is 34.2 Å². The van der Waals surface area contributed by atoms with E-state index in [2.05, 4.69) is 33.2 Å². The molecule has 0 radical (unpaired) electrons. The van der Waals surface area contributed by atoms with Gasteiger partial charge in [0.25, 0.3) is 0 Å². The quantitative estimate of drug-likeness (QED) is 0.887. The minimum Gasteiger partial charge on any atom is -0.439 e. The second-order valence-electron chi connectivity index (χ2n) is 4.42. The zero-order valence-electron chi connectivity index (χ0n) is 11.4. The van der Waals surface area contributed by atoms with Gasteiger partial charge < -0.3 is 10.1 Å². The predicted molar refractivity (Wildman–Crippen MR) is 80.5 cm³/mol. The molecule has 0 saturated heterocycles. The van der Waals surface area contributed by atoms with Gasteiger partial charge in [0.1, 0.15) is 11.6 Å². The highest BCUT2D eigenvalue weighted by Crippen LogP contribution is 2.26. The Bertz CT molecular complexity index is 604. The second kappa shape index (κ2) is 6.81. The molecule has 1 aromatic heterocycles. The van der Waals surface area contributed by atoms with Crippen molar-refractivity contribution in [2.45, 2.75) is 20.4 Å². The van der Waals surface area contributed by atoms with Crippen LogP contribution in [0.25, 0.3) is 0 Å². The maximum Gasteiger partial charge on any atom is 0.222 e. The van der Waals surface area contributed by atoms with Crippen LogP contribution < -0.4 is 10.1 Å². The van der Waals surface area contributed by atoms with Gasteiger partial charge in [0.15, 0.2) is 0 Å². The molecule has 0 aliphatic carbocycles. The van der Waals surface area contributed by atoms with E-state index in [9.17, 15) is 4.39 Å². The summed E-state index contributed by atoms with van der Waals surface area (Å²) in [5.41, 5.74) is 2.02. The first-order valence-electron chi connectivity index (χ1n) is 6.39. The Morgan fingerprint density at radius 3 is 2.80 bits per heavy atom. The maximum atomic E-state index is 13.4. The third kappa shape index (κ3) is 3.77. The van der Waals surface area contributed by atoms with Crippen LogP contribution in [-0.4, -0.2) is 11.5 Å². The molecule has 2 rings (SSSR count). The summed E-state index contributed by atoms with van der Waals surface area (Å²) in [6.07, 6.45) is 1.76. The van der Waals surface area contributed by atoms with Gasteiger partial charge in [0.2, 0.25) is 5.88 Å². The molecule has 0 saturated carbocycles. The number of hydrogen-bond donors (Lipinski definition) is 1. The third-order valence-corrected chi connectivity index (χ3v) is 3.41. The van der Waals surface area contributed by atoms with E-state index < -0.39 is 0 Å². The van der Waals surface area contributed by atoms with Crippen LogP contribution in [0.1, 0.15) is 18.1 Å². The largest absolute Gasteiger partial charge is 0.439 e. The molecule has 1 N–H and O–H groups in total. The zero-order valence-corrected chi connectivity index (χ0v) is 13.0. The number of nitrogens with one attached hydrogen (secondary N) is 1. The van der Waals surface area contributed by atoms with Gasteiger partial charge in [-0.3, -0.25) is 0 Å². The Hall–Kier alpha value is -1.46. The average molecular weight is 339 g/mol. The van der Waals surface area contributed by atoms with Crippen LogP contribution in [0.5, 0.6) is 11.6 Å². The van der Waals surface area contributed by atoms with Crippen LogP contribution in [0.15, 0.2) is 34.9 Å². The van der Waals surface area contributed by atoms with Crippen LogP contribution in [0, 0.1) is 12.7 Å². The first kappa shape index (κ1) is 14.9. The molecule has 5 heteroatoms. The molecule has 1 aromatic carbocycles. The highest BCUT2D eigenvalue weighted by molar-refractivity contribution is 9.10. The third-order valence-electron chi connectivity index (χ3n) is 2.77. The fraction of sp³-hybridized carbons (Fsp3) is 0.267. The van der Waals surface area contributed by atoms with E-state index in [0.29, 0.717) is 16.1 Å². The molecule has 0 aliphatic heterocycles. The summed E-state index contributed by atoms with van der Waals surface area (Å²) in [6.45, 7) is 5.67. The smallest absolute Gasteiger partial charge is 0.222 e. The summed E-state index contributed by atoms with van der Waals surface area (Å²) in [7, 11) is 0. The molecular weight excluding hydrogens is 323 g/mol. The van der Waals surface area contributed by atoms with Crippen molar-refractivity contribution in [3.8, 4) is 11.6 Å². The number of ether oxygens (including phenoxy) is 1. The van der Waals surface area contributed by atoms with E-state index in [1.165, 1.54) is 6.07 Å². The number of aromatic nitrogens is 1. The molecule has 20 heavy (non-hydrogen) atoms. The van der Waals surface area contributed by atoms with Gasteiger partial charge >= 0.3 is 0 Å². The number of benzene rings is 1. The molecule has 0 fully saturated rings. The Morgan fingerprint density at radius 1 is 1.35 bits per heavy atom. The van der Waals surface area contributed by atoms with E-state index in [0.717, 1.165) is 24.2 Å². The van der Waals surface area contributed by atoms with Gasteiger partial charge in [0.05, 0.1) is 4.47 Å². The fourth-order valence-corrected chi connectivity index (χ4v) is 1.99. The highest BCUT2D eigenvalue weighted by Gasteiger charge is 2.07. The Morgan fingerprint density at radius 2 is 2.15 bits per heavy atom. The van der Waals surface area contributed by atoms with Crippen molar-refractivity contribution in [1.29, 1.82) is 0 Å². The van der Waals surface area contributed by atoms with Crippen molar-refractivity contribution >= 4 is 15.9 Å². The van der Waals surface area contributed by atoms with Crippen molar-refractivity contribution < 1.29 is 9.13 Å². The number of nitrogens with zero attached hydrogens (tertiary/aromatic N) is 1. The van der Waals surface area contributed by atoms with Crippen molar-refractivity contribution in [3.05, 3.63) is 51.9 Å². The summed E-state index contributed by atoms with van der Waals surface area (Å²) in [5.74, 6) is 0.566. The molecule has 0 amide bonds. The molecule has 0 atom stereocenters. The number of hydrogen-bond acceptors (Lipinski definition) is 3. The maximum absolute atomic E-state index is 13.4. The summed E-state index contributed by atoms with van der Waals surface area (Å²) in [5, 5.41) is 3.24. The number of aryl methyl sites for hydroxylation is 1. The first-order valence-corrected chi connectivity index (χ1v) is 7.18. The summed E-state index contributed by atoms with van der Waals surface area (Å²) < 4.78 is 19.5. The van der Waals surface area contributed by atoms with E-state index in [4.69, 9.17) is 4.74 Å². The van der Waals surface area contributed by atoms with Gasteiger partial charge in [-0.1, -0.05) is 6.92 Å². The van der Waals surface area contributed by atoms with E-state index in [-0.39, 0.29) is 5.82 Å². The van der Waals surface area contributed by atoms with Gasteiger partial charge in [-0.2, -0.15) is 0 Å². The summed E-state index contributed by atoms with van der Waals surface area (Å²) in [4.78, 5) is 4.28. The molecule has 2 aromatic rings. The Balaban J connectivity index is 2.14. The van der Waals surface area contributed by atoms with Crippen molar-refractivity contribution in [2.75, 3.05) is 6.54 Å². The molecular formula is C15H16BrFN2O. The molecule has 3 nitrogen and oxygen atoms in total. The van der Waals surface area contributed by atoms with Crippen molar-refractivity contribution in [1.82, 2.24) is 10.3 Å². The van der Waals surface area contributed by atoms with E-state index >= 15 is 0 Å². The first-order chi connectivity index (χ1) is 9.60. The van der Waals surface area contributed by atoms with Crippen LogP contribution in [0.4, 0.5) is 4.39 Å². The summed E-state index contributed by atoms with van der Waals surface area (Å²) in [6, 6.07) is 6.65. The normalized spacial score (nSPS) is 10.6. The van der Waals surface area contributed by atoms with Gasteiger partial charge in [-0.25, -0.2) is 9.37 Å². The number of rotatable bonds is 5. The fourth-order valence-electron chi connectivity index (χ4n) is 1.75. The van der Waals surface area contributed by atoms with E-state index in [1.54, 1.807) is 18.3 Å². The number of pyridine rings is 1. The van der Waals surface area contributed by atoms with Crippen LogP contribution >= 0.6 is 15.9 Å². The average Bonchev–Trinajstić information content (AvgIpc) is 2.43. The zero-order chi connectivity index (χ0) is 14.5. The molecule has 1 heterocycles. The minimum atomic E-state index is -0.357. The lowest BCUT2D eigenvalue weighted by Crippen LogP contribution is -2.12.